The average molecular weight is 178 g/mol. The van der Waals surface area contributed by atoms with Crippen LogP contribution < -0.4 is 5.32 Å². The van der Waals surface area contributed by atoms with Crippen LogP contribution >= 0.6 is 0 Å². The molecule has 0 spiro atoms. The molecule has 1 aromatic heterocycles. The van der Waals surface area contributed by atoms with Gasteiger partial charge in [0.1, 0.15) is 5.76 Å². The highest BCUT2D eigenvalue weighted by Gasteiger charge is 2.01. The lowest BCUT2D eigenvalue weighted by atomic mass is 10.3. The number of carbonyl (C=O) groups excluding carboxylic acids is 1. The fourth-order valence-electron chi connectivity index (χ4n) is 0.857. The lowest BCUT2D eigenvalue weighted by Crippen LogP contribution is -2.21. The van der Waals surface area contributed by atoms with Crippen LogP contribution in [0.25, 0.3) is 0 Å². The van der Waals surface area contributed by atoms with Crippen LogP contribution in [0.3, 0.4) is 0 Å². The number of amides is 1. The van der Waals surface area contributed by atoms with E-state index in [0.717, 1.165) is 0 Å². The largest absolute Gasteiger partial charge is 0.467 e. The molecule has 1 amide bonds. The van der Waals surface area contributed by atoms with Gasteiger partial charge in [-0.25, -0.2) is 0 Å². The Bertz CT molecular complexity index is 298. The second-order valence-corrected chi connectivity index (χ2v) is 2.51. The molecule has 1 rings (SSSR count). The molecule has 0 saturated heterocycles. The summed E-state index contributed by atoms with van der Waals surface area (Å²) in [5, 5.41) is 10.9. The quantitative estimate of drug-likeness (QED) is 0.753. The smallest absolute Gasteiger partial charge is 0.221 e. The van der Waals surface area contributed by atoms with E-state index in [1.165, 1.54) is 0 Å². The van der Waals surface area contributed by atoms with Gasteiger partial charge in [0.25, 0.3) is 0 Å². The highest BCUT2D eigenvalue weighted by molar-refractivity contribution is 5.75. The van der Waals surface area contributed by atoms with E-state index in [1.54, 1.807) is 18.4 Å². The van der Waals surface area contributed by atoms with E-state index in [1.807, 2.05) is 6.07 Å². The SMILES string of the molecule is N#CCCC(=O)NCc1ccco1. The first-order chi connectivity index (χ1) is 6.33. The fourth-order valence-corrected chi connectivity index (χ4v) is 0.857. The maximum absolute atomic E-state index is 11.0. The van der Waals surface area contributed by atoms with Gasteiger partial charge in [-0.2, -0.15) is 5.26 Å². The summed E-state index contributed by atoms with van der Waals surface area (Å²) in [5.74, 6) is 0.586. The molecule has 0 atom stereocenters. The van der Waals surface area contributed by atoms with Gasteiger partial charge in [-0.1, -0.05) is 0 Å². The van der Waals surface area contributed by atoms with Gasteiger partial charge in [0, 0.05) is 12.8 Å². The molecule has 0 bridgehead atoms. The maximum Gasteiger partial charge on any atom is 0.221 e. The van der Waals surface area contributed by atoms with Crippen molar-refractivity contribution in [1.82, 2.24) is 5.32 Å². The Morgan fingerprint density at radius 3 is 3.15 bits per heavy atom. The zero-order chi connectivity index (χ0) is 9.52. The standard InChI is InChI=1S/C9H10N2O2/c10-5-1-4-9(12)11-7-8-3-2-6-13-8/h2-3,6H,1,4,7H2,(H,11,12). The van der Waals surface area contributed by atoms with Crippen molar-refractivity contribution >= 4 is 5.91 Å². The van der Waals surface area contributed by atoms with E-state index in [2.05, 4.69) is 5.32 Å². The summed E-state index contributed by atoms with van der Waals surface area (Å²) in [6.45, 7) is 0.386. The van der Waals surface area contributed by atoms with Crippen LogP contribution in [-0.2, 0) is 11.3 Å². The van der Waals surface area contributed by atoms with E-state index in [-0.39, 0.29) is 18.7 Å². The second-order valence-electron chi connectivity index (χ2n) is 2.51. The van der Waals surface area contributed by atoms with Crippen LogP contribution in [0.1, 0.15) is 18.6 Å². The topological polar surface area (TPSA) is 66.0 Å². The number of furan rings is 1. The number of nitrogens with zero attached hydrogens (tertiary/aromatic N) is 1. The van der Waals surface area contributed by atoms with Crippen molar-refractivity contribution in [3.8, 4) is 6.07 Å². The molecule has 0 aliphatic heterocycles. The Labute approximate surface area is 76.2 Å². The van der Waals surface area contributed by atoms with E-state index >= 15 is 0 Å². The number of hydrogen-bond acceptors (Lipinski definition) is 3. The summed E-state index contributed by atoms with van der Waals surface area (Å²) in [4.78, 5) is 11.0. The van der Waals surface area contributed by atoms with Gasteiger partial charge in [0.15, 0.2) is 0 Å². The first kappa shape index (κ1) is 9.33. The summed E-state index contributed by atoms with van der Waals surface area (Å²) < 4.78 is 5.01. The van der Waals surface area contributed by atoms with Crippen LogP contribution in [0.5, 0.6) is 0 Å². The molecule has 0 aliphatic rings. The zero-order valence-corrected chi connectivity index (χ0v) is 7.12. The van der Waals surface area contributed by atoms with Crippen LogP contribution in [0.2, 0.25) is 0 Å². The third kappa shape index (κ3) is 3.43. The van der Waals surface area contributed by atoms with Crippen molar-refractivity contribution in [2.24, 2.45) is 0 Å². The van der Waals surface area contributed by atoms with Crippen molar-refractivity contribution in [2.45, 2.75) is 19.4 Å². The molecule has 1 N–H and O–H groups in total. The molecule has 4 nitrogen and oxygen atoms in total. The molecule has 0 aromatic carbocycles. The summed E-state index contributed by atoms with van der Waals surface area (Å²) in [7, 11) is 0. The summed E-state index contributed by atoms with van der Waals surface area (Å²) in [5.41, 5.74) is 0. The van der Waals surface area contributed by atoms with E-state index in [9.17, 15) is 4.79 Å². The van der Waals surface area contributed by atoms with Gasteiger partial charge in [0.05, 0.1) is 18.9 Å². The molecule has 0 radical (unpaired) electrons. The number of nitriles is 1. The Morgan fingerprint density at radius 1 is 1.69 bits per heavy atom. The van der Waals surface area contributed by atoms with E-state index in [0.29, 0.717) is 12.3 Å². The average Bonchev–Trinajstić information content (AvgIpc) is 2.64. The molecule has 13 heavy (non-hydrogen) atoms. The zero-order valence-electron chi connectivity index (χ0n) is 7.12. The highest BCUT2D eigenvalue weighted by Crippen LogP contribution is 1.98. The molecule has 0 fully saturated rings. The van der Waals surface area contributed by atoms with Gasteiger partial charge in [-0.15, -0.1) is 0 Å². The molecule has 0 saturated carbocycles. The van der Waals surface area contributed by atoms with Crippen molar-refractivity contribution < 1.29 is 9.21 Å². The molecule has 4 heteroatoms. The maximum atomic E-state index is 11.0. The summed E-state index contributed by atoms with van der Waals surface area (Å²) >= 11 is 0. The van der Waals surface area contributed by atoms with Crippen LogP contribution in [0, 0.1) is 11.3 Å². The van der Waals surface area contributed by atoms with Gasteiger partial charge >= 0.3 is 0 Å². The van der Waals surface area contributed by atoms with Crippen molar-refractivity contribution in [1.29, 1.82) is 5.26 Å². The van der Waals surface area contributed by atoms with Crippen molar-refractivity contribution in [2.75, 3.05) is 0 Å². The predicted molar refractivity (Wildman–Crippen MR) is 45.4 cm³/mol. The van der Waals surface area contributed by atoms with Crippen molar-refractivity contribution in [3.05, 3.63) is 24.2 Å². The molecule has 1 heterocycles. The molecular formula is C9H10N2O2. The van der Waals surface area contributed by atoms with Crippen molar-refractivity contribution in [3.63, 3.8) is 0 Å². The minimum atomic E-state index is -0.127. The highest BCUT2D eigenvalue weighted by atomic mass is 16.3. The predicted octanol–water partition coefficient (Wildman–Crippen LogP) is 1.20. The number of carbonyl (C=O) groups is 1. The van der Waals surface area contributed by atoms with Gasteiger partial charge in [-0.05, 0) is 12.1 Å². The minimum absolute atomic E-state index is 0.127. The lowest BCUT2D eigenvalue weighted by molar-refractivity contribution is -0.121. The van der Waals surface area contributed by atoms with Gasteiger partial charge < -0.3 is 9.73 Å². The number of rotatable bonds is 4. The van der Waals surface area contributed by atoms with Gasteiger partial charge in [-0.3, -0.25) is 4.79 Å². The molecule has 0 aliphatic carbocycles. The summed E-state index contributed by atoms with van der Waals surface area (Å²) in [6.07, 6.45) is 2.05. The Kier molecular flexibility index (Phi) is 3.58. The summed E-state index contributed by atoms with van der Waals surface area (Å²) in [6, 6.07) is 5.45. The second kappa shape index (κ2) is 4.99. The van der Waals surface area contributed by atoms with E-state index < -0.39 is 0 Å². The number of nitrogens with one attached hydrogen (secondary N) is 1. The first-order valence-corrected chi connectivity index (χ1v) is 3.99. The monoisotopic (exact) mass is 178 g/mol. The Morgan fingerprint density at radius 2 is 2.54 bits per heavy atom. The molecule has 0 unspecified atom stereocenters. The fraction of sp³-hybridized carbons (Fsp3) is 0.333. The minimum Gasteiger partial charge on any atom is -0.467 e. The first-order valence-electron chi connectivity index (χ1n) is 3.99. The van der Waals surface area contributed by atoms with Crippen LogP contribution in [-0.4, -0.2) is 5.91 Å². The normalized spacial score (nSPS) is 9.15. The Hall–Kier alpha value is -1.76. The third-order valence-electron chi connectivity index (χ3n) is 1.50. The molecule has 1 aromatic rings. The van der Waals surface area contributed by atoms with E-state index in [4.69, 9.17) is 9.68 Å². The Balaban J connectivity index is 2.20. The number of hydrogen-bond donors (Lipinski definition) is 1. The van der Waals surface area contributed by atoms with Crippen LogP contribution in [0.15, 0.2) is 22.8 Å². The van der Waals surface area contributed by atoms with Gasteiger partial charge in [0.2, 0.25) is 5.91 Å². The molecular weight excluding hydrogens is 168 g/mol. The molecule has 68 valence electrons. The van der Waals surface area contributed by atoms with Crippen LogP contribution in [0.4, 0.5) is 0 Å². The third-order valence-corrected chi connectivity index (χ3v) is 1.50. The lowest BCUT2D eigenvalue weighted by Gasteiger charge is -1.99.